The van der Waals surface area contributed by atoms with Gasteiger partial charge in [-0.15, -0.1) is 31.7 Å². The Hall–Kier alpha value is -5.32. The van der Waals surface area contributed by atoms with Crippen molar-refractivity contribution in [2.45, 2.75) is 90.8 Å². The van der Waals surface area contributed by atoms with Crippen molar-refractivity contribution in [2.75, 3.05) is 36.0 Å². The monoisotopic (exact) mass is 814 g/mol. The Morgan fingerprint density at radius 1 is 0.931 bits per heavy atom. The highest BCUT2D eigenvalue weighted by Crippen LogP contribution is 2.43. The van der Waals surface area contributed by atoms with Gasteiger partial charge in [0.2, 0.25) is 0 Å². The van der Waals surface area contributed by atoms with Crippen molar-refractivity contribution in [3.05, 3.63) is 104 Å². The van der Waals surface area contributed by atoms with E-state index in [1.807, 2.05) is 13.0 Å². The predicted molar refractivity (Wildman–Crippen MR) is 227 cm³/mol. The molecule has 12 nitrogen and oxygen atoms in total. The average molecular weight is 815 g/mol. The maximum Gasteiger partial charge on any atom is 0.272 e. The summed E-state index contributed by atoms with van der Waals surface area (Å²) in [6.07, 6.45) is 6.64. The standard InChI is InChI=1S/C44H47ClN10O2S/c1-26-28(3)58-43-39(26)40(47-27(2)41-52-49-29(4)55(41)43)30-5-10-33(11-6-30)53-20-17-44(18-21-53)19-22-54(25-44)38-16-15-37(50-51-38)42(56)48-32-8-13-34(14-9-32)57-35-12-7-31(24-46)36(45)23-35/h5-7,10-12,15-16,23,27,32,34H,8-9,13-14,17-22,25H2,1-4H3,(H,48,56)/t27-,32?,34?/m1/s1. The summed E-state index contributed by atoms with van der Waals surface area (Å²) in [7, 11) is 0. The van der Waals surface area contributed by atoms with Gasteiger partial charge in [-0.05, 0) is 120 Å². The number of carbonyl (C=O) groups is 1. The summed E-state index contributed by atoms with van der Waals surface area (Å²) in [4.78, 5) is 24.5. The first kappa shape index (κ1) is 38.2. The number of halogens is 1. The molecule has 1 atom stereocenters. The average Bonchev–Trinajstić information content (AvgIpc) is 3.90. The molecule has 58 heavy (non-hydrogen) atoms. The molecule has 0 bridgehead atoms. The molecule has 2 aromatic carbocycles. The van der Waals surface area contributed by atoms with Crippen molar-refractivity contribution in [3.8, 4) is 16.8 Å². The Morgan fingerprint density at radius 3 is 2.36 bits per heavy atom. The van der Waals surface area contributed by atoms with Gasteiger partial charge in [-0.1, -0.05) is 23.7 Å². The SMILES string of the molecule is Cc1sc2c(c1C)C(c1ccc(N3CCC4(CC3)CCN(c3ccc(C(=O)NC5CCC(Oc6ccc(C#N)c(Cl)c6)CC5)nn3)C4)cc1)=N[C@H](C)c1nnc(C)n1-2. The molecule has 298 valence electrons. The number of nitriles is 1. The number of aliphatic imine (C=N–C) groups is 1. The first-order valence-electron chi connectivity index (χ1n) is 20.3. The van der Waals surface area contributed by atoms with Crippen molar-refractivity contribution >= 4 is 46.1 Å². The minimum atomic E-state index is -0.195. The molecule has 1 spiro atoms. The van der Waals surface area contributed by atoms with Crippen LogP contribution in [0.2, 0.25) is 5.02 Å². The largest absolute Gasteiger partial charge is 0.490 e. The van der Waals surface area contributed by atoms with Crippen molar-refractivity contribution in [1.82, 2.24) is 30.3 Å². The van der Waals surface area contributed by atoms with E-state index in [4.69, 9.17) is 26.6 Å². The highest BCUT2D eigenvalue weighted by molar-refractivity contribution is 7.15. The summed E-state index contributed by atoms with van der Waals surface area (Å²) in [5, 5.41) is 31.6. The molecule has 1 N–H and O–H groups in total. The molecule has 1 saturated carbocycles. The number of ether oxygens (including phenoxy) is 1. The fraction of sp³-hybridized carbons (Fsp3) is 0.432. The lowest BCUT2D eigenvalue weighted by atomic mass is 9.77. The van der Waals surface area contributed by atoms with Gasteiger partial charge in [0.15, 0.2) is 17.3 Å². The number of hydrogen-bond donors (Lipinski definition) is 1. The number of rotatable bonds is 7. The third kappa shape index (κ3) is 7.21. The number of thiophene rings is 1. The number of nitrogens with one attached hydrogen (secondary N) is 1. The van der Waals surface area contributed by atoms with Crippen molar-refractivity contribution in [2.24, 2.45) is 10.4 Å². The zero-order valence-corrected chi connectivity index (χ0v) is 34.9. The van der Waals surface area contributed by atoms with Gasteiger partial charge in [0, 0.05) is 60.0 Å². The van der Waals surface area contributed by atoms with Crippen LogP contribution < -0.4 is 19.9 Å². The van der Waals surface area contributed by atoms with Gasteiger partial charge in [-0.2, -0.15) is 5.26 Å². The quantitative estimate of drug-likeness (QED) is 0.173. The molecule has 6 heterocycles. The molecular formula is C44H47ClN10O2S. The van der Waals surface area contributed by atoms with Gasteiger partial charge < -0.3 is 19.9 Å². The lowest BCUT2D eigenvalue weighted by Crippen LogP contribution is -2.41. The van der Waals surface area contributed by atoms with Gasteiger partial charge in [-0.25, -0.2) is 0 Å². The van der Waals surface area contributed by atoms with E-state index >= 15 is 0 Å². The first-order chi connectivity index (χ1) is 28.1. The third-order valence-corrected chi connectivity index (χ3v) is 14.2. The third-order valence-electron chi connectivity index (χ3n) is 12.7. The van der Waals surface area contributed by atoms with E-state index in [0.717, 1.165) is 105 Å². The molecule has 5 aromatic rings. The van der Waals surface area contributed by atoms with E-state index in [1.54, 1.807) is 35.6 Å². The Balaban J connectivity index is 0.773. The van der Waals surface area contributed by atoms with Crippen LogP contribution in [0, 0.1) is 37.5 Å². The molecule has 14 heteroatoms. The second-order valence-corrected chi connectivity index (χ2v) is 18.0. The summed E-state index contributed by atoms with van der Waals surface area (Å²) in [6.45, 7) is 12.4. The van der Waals surface area contributed by atoms with E-state index < -0.39 is 0 Å². The van der Waals surface area contributed by atoms with Gasteiger partial charge in [0.05, 0.1) is 22.4 Å². The molecule has 3 aromatic heterocycles. The lowest BCUT2D eigenvalue weighted by Gasteiger charge is -2.40. The summed E-state index contributed by atoms with van der Waals surface area (Å²) >= 11 is 7.96. The first-order valence-corrected chi connectivity index (χ1v) is 21.5. The van der Waals surface area contributed by atoms with Crippen LogP contribution in [0.3, 0.4) is 0 Å². The minimum Gasteiger partial charge on any atom is -0.490 e. The van der Waals surface area contributed by atoms with Crippen molar-refractivity contribution < 1.29 is 9.53 Å². The van der Waals surface area contributed by atoms with Gasteiger partial charge in [-0.3, -0.25) is 14.4 Å². The molecule has 4 aliphatic rings. The molecular weight excluding hydrogens is 768 g/mol. The molecule has 0 unspecified atom stereocenters. The molecule has 0 radical (unpaired) electrons. The Labute approximate surface area is 347 Å². The second-order valence-electron chi connectivity index (χ2n) is 16.4. The van der Waals surface area contributed by atoms with E-state index in [2.05, 4.69) is 91.2 Å². The second kappa shape index (κ2) is 15.5. The molecule has 3 fully saturated rings. The number of hydrogen-bond acceptors (Lipinski definition) is 11. The molecule has 2 saturated heterocycles. The number of carbonyl (C=O) groups excluding carboxylic acids is 1. The number of fused-ring (bicyclic) bond motifs is 3. The van der Waals surface area contributed by atoms with Crippen LogP contribution in [0.25, 0.3) is 5.00 Å². The predicted octanol–water partition coefficient (Wildman–Crippen LogP) is 8.10. The zero-order chi connectivity index (χ0) is 40.1. The van der Waals surface area contributed by atoms with E-state index in [9.17, 15) is 4.79 Å². The summed E-state index contributed by atoms with van der Waals surface area (Å²) in [5.41, 5.74) is 6.86. The highest BCUT2D eigenvalue weighted by Gasteiger charge is 2.41. The maximum absolute atomic E-state index is 13.1. The van der Waals surface area contributed by atoms with Crippen LogP contribution in [0.15, 0.2) is 59.6 Å². The normalized spacial score (nSPS) is 21.2. The van der Waals surface area contributed by atoms with Crippen molar-refractivity contribution in [3.63, 3.8) is 0 Å². The van der Waals surface area contributed by atoms with Crippen molar-refractivity contribution in [1.29, 1.82) is 5.26 Å². The van der Waals surface area contributed by atoms with Crippen LogP contribution >= 0.6 is 22.9 Å². The fourth-order valence-electron chi connectivity index (χ4n) is 9.14. The molecule has 9 rings (SSSR count). The number of aryl methyl sites for hydroxylation is 2. The van der Waals surface area contributed by atoms with Gasteiger partial charge in [0.1, 0.15) is 28.7 Å². The number of nitrogens with zero attached hydrogens (tertiary/aromatic N) is 9. The van der Waals surface area contributed by atoms with E-state index in [1.165, 1.54) is 21.7 Å². The van der Waals surface area contributed by atoms with Crippen LogP contribution in [0.1, 0.15) is 107 Å². The number of amides is 1. The highest BCUT2D eigenvalue weighted by atomic mass is 35.5. The Bertz CT molecular complexity index is 2420. The summed E-state index contributed by atoms with van der Waals surface area (Å²) in [5.74, 6) is 3.07. The summed E-state index contributed by atoms with van der Waals surface area (Å²) < 4.78 is 8.30. The number of benzene rings is 2. The van der Waals surface area contributed by atoms with Crippen LogP contribution in [-0.2, 0) is 0 Å². The van der Waals surface area contributed by atoms with Crippen LogP contribution in [0.5, 0.6) is 5.75 Å². The molecule has 3 aliphatic heterocycles. The Kier molecular flexibility index (Phi) is 10.2. The van der Waals surface area contributed by atoms with Crippen LogP contribution in [0.4, 0.5) is 11.5 Å². The number of aromatic nitrogens is 5. The lowest BCUT2D eigenvalue weighted by molar-refractivity contribution is 0.0888. The summed E-state index contributed by atoms with van der Waals surface area (Å²) in [6, 6.07) is 19.9. The number of anilines is 2. The molecule has 1 amide bonds. The van der Waals surface area contributed by atoms with Gasteiger partial charge >= 0.3 is 0 Å². The van der Waals surface area contributed by atoms with E-state index in [0.29, 0.717) is 22.0 Å². The van der Waals surface area contributed by atoms with E-state index in [-0.39, 0.29) is 29.5 Å². The number of piperidine rings is 1. The smallest absolute Gasteiger partial charge is 0.272 e. The fourth-order valence-corrected chi connectivity index (χ4v) is 10.6. The minimum absolute atomic E-state index is 0.0375. The Morgan fingerprint density at radius 2 is 1.67 bits per heavy atom. The van der Waals surface area contributed by atoms with Gasteiger partial charge in [0.25, 0.3) is 5.91 Å². The topological polar surface area (TPSA) is 137 Å². The van der Waals surface area contributed by atoms with Crippen LogP contribution in [-0.4, -0.2) is 74.9 Å². The molecule has 1 aliphatic carbocycles. The zero-order valence-electron chi connectivity index (χ0n) is 33.3. The maximum atomic E-state index is 13.1.